The number of carbonyl (C=O) groups is 1. The molecule has 0 amide bonds. The molecule has 0 radical (unpaired) electrons. The highest BCUT2D eigenvalue weighted by molar-refractivity contribution is 5.82. The number of aromatic hydroxyl groups is 3. The van der Waals surface area contributed by atoms with Crippen LogP contribution in [-0.4, -0.2) is 44.6 Å². The van der Waals surface area contributed by atoms with Gasteiger partial charge in [-0.1, -0.05) is 6.07 Å². The number of pyridine rings is 2. The van der Waals surface area contributed by atoms with E-state index in [1.807, 2.05) is 0 Å². The van der Waals surface area contributed by atoms with Crippen molar-refractivity contribution in [3.8, 4) is 23.0 Å². The molecule has 0 bridgehead atoms. The first-order valence-electron chi connectivity index (χ1n) is 12.2. The molecule has 2 aromatic carbocycles. The van der Waals surface area contributed by atoms with Crippen molar-refractivity contribution in [3.63, 3.8) is 0 Å². The molecule has 39 heavy (non-hydrogen) atoms. The lowest BCUT2D eigenvalue weighted by Gasteiger charge is -2.21. The maximum Gasteiger partial charge on any atom is 0.306 e. The van der Waals surface area contributed by atoms with Crippen LogP contribution in [0.15, 0.2) is 58.1 Å². The fourth-order valence-electron chi connectivity index (χ4n) is 4.80. The molecule has 4 aromatic rings. The van der Waals surface area contributed by atoms with E-state index in [4.69, 9.17) is 9.47 Å². The standard InChI is InChI=1S/C29H30N2O8/c1-16-11-25(34)27(29(37)31(16)10-9-17-5-8-23(32)24(33)12-17)20(15-26(35)39-4)21-13-18-6-7-19(38-3)14-22(18)30(2)28(21)36/h5-8,11-14,20,32-34H,9-10,15H2,1-4H3/t20-/m0/s1. The van der Waals surface area contributed by atoms with Gasteiger partial charge in [-0.05, 0) is 60.7 Å². The summed E-state index contributed by atoms with van der Waals surface area (Å²) in [6.45, 7) is 1.85. The Morgan fingerprint density at radius 2 is 1.67 bits per heavy atom. The van der Waals surface area contributed by atoms with E-state index in [9.17, 15) is 29.7 Å². The summed E-state index contributed by atoms with van der Waals surface area (Å²) in [5, 5.41) is 31.0. The number of benzene rings is 2. The van der Waals surface area contributed by atoms with Crippen molar-refractivity contribution in [2.24, 2.45) is 7.05 Å². The van der Waals surface area contributed by atoms with Crippen molar-refractivity contribution < 1.29 is 29.6 Å². The Kier molecular flexibility index (Phi) is 7.66. The van der Waals surface area contributed by atoms with Crippen molar-refractivity contribution in [2.45, 2.75) is 32.2 Å². The van der Waals surface area contributed by atoms with E-state index < -0.39 is 23.0 Å². The predicted octanol–water partition coefficient (Wildman–Crippen LogP) is 3.07. The molecule has 1 atom stereocenters. The van der Waals surface area contributed by atoms with Gasteiger partial charge in [0.15, 0.2) is 11.5 Å². The quantitative estimate of drug-likeness (QED) is 0.231. The maximum atomic E-state index is 13.8. The van der Waals surface area contributed by atoms with Gasteiger partial charge in [-0.3, -0.25) is 14.4 Å². The van der Waals surface area contributed by atoms with E-state index in [2.05, 4.69) is 0 Å². The van der Waals surface area contributed by atoms with Crippen LogP contribution in [0.4, 0.5) is 0 Å². The van der Waals surface area contributed by atoms with E-state index >= 15 is 0 Å². The first-order valence-corrected chi connectivity index (χ1v) is 12.2. The summed E-state index contributed by atoms with van der Waals surface area (Å²) in [6, 6.07) is 12.7. The second-order valence-electron chi connectivity index (χ2n) is 9.34. The SMILES string of the molecule is COC(=O)C[C@H](c1c(O)cc(C)n(CCc2ccc(O)c(O)c2)c1=O)c1cc2ccc(OC)cc2n(C)c1=O. The number of hydrogen-bond acceptors (Lipinski definition) is 8. The Labute approximate surface area is 223 Å². The Morgan fingerprint density at radius 3 is 2.33 bits per heavy atom. The zero-order valence-corrected chi connectivity index (χ0v) is 22.1. The van der Waals surface area contributed by atoms with E-state index in [0.717, 1.165) is 0 Å². The molecule has 0 spiro atoms. The average Bonchev–Trinajstić information content (AvgIpc) is 2.91. The van der Waals surface area contributed by atoms with Crippen LogP contribution < -0.4 is 15.9 Å². The predicted molar refractivity (Wildman–Crippen MR) is 145 cm³/mol. The lowest BCUT2D eigenvalue weighted by atomic mass is 9.88. The second-order valence-corrected chi connectivity index (χ2v) is 9.34. The van der Waals surface area contributed by atoms with E-state index in [1.54, 1.807) is 44.3 Å². The van der Waals surface area contributed by atoms with Crippen molar-refractivity contribution >= 4 is 16.9 Å². The zero-order valence-electron chi connectivity index (χ0n) is 22.1. The third-order valence-corrected chi connectivity index (χ3v) is 6.97. The van der Waals surface area contributed by atoms with Crippen LogP contribution in [0.25, 0.3) is 10.9 Å². The van der Waals surface area contributed by atoms with Crippen LogP contribution in [0.2, 0.25) is 0 Å². The maximum absolute atomic E-state index is 13.8. The Hall–Kier alpha value is -4.73. The number of phenols is 2. The minimum absolute atomic E-state index is 0.0930. The number of carbonyl (C=O) groups excluding carboxylic acids is 1. The summed E-state index contributed by atoms with van der Waals surface area (Å²) in [5.41, 5.74) is 0.825. The van der Waals surface area contributed by atoms with Crippen LogP contribution >= 0.6 is 0 Å². The molecule has 2 heterocycles. The summed E-state index contributed by atoms with van der Waals surface area (Å²) >= 11 is 0. The molecule has 0 saturated heterocycles. The van der Waals surface area contributed by atoms with Crippen LogP contribution in [-0.2, 0) is 29.5 Å². The van der Waals surface area contributed by atoms with Crippen molar-refractivity contribution in [1.82, 2.24) is 9.13 Å². The van der Waals surface area contributed by atoms with Gasteiger partial charge in [0.1, 0.15) is 11.5 Å². The van der Waals surface area contributed by atoms with Gasteiger partial charge in [-0.15, -0.1) is 0 Å². The third kappa shape index (κ3) is 5.31. The molecular formula is C29H30N2O8. The van der Waals surface area contributed by atoms with Gasteiger partial charge in [0.2, 0.25) is 0 Å². The zero-order chi connectivity index (χ0) is 28.4. The molecule has 3 N–H and O–H groups in total. The van der Waals surface area contributed by atoms with Gasteiger partial charge in [0, 0.05) is 36.8 Å². The van der Waals surface area contributed by atoms with E-state index in [1.165, 1.54) is 41.6 Å². The fourth-order valence-corrected chi connectivity index (χ4v) is 4.80. The molecule has 0 aliphatic rings. The Balaban J connectivity index is 1.86. The molecule has 0 aliphatic carbocycles. The molecule has 0 unspecified atom stereocenters. The highest BCUT2D eigenvalue weighted by Crippen LogP contribution is 2.33. The molecule has 0 fully saturated rings. The van der Waals surface area contributed by atoms with Crippen LogP contribution in [0.5, 0.6) is 23.0 Å². The highest BCUT2D eigenvalue weighted by Gasteiger charge is 2.29. The molecule has 4 rings (SSSR count). The number of hydrogen-bond donors (Lipinski definition) is 3. The first kappa shape index (κ1) is 27.3. The average molecular weight is 535 g/mol. The Bertz CT molecular complexity index is 1690. The second kappa shape index (κ2) is 10.9. The summed E-state index contributed by atoms with van der Waals surface area (Å²) in [4.78, 5) is 39.8. The first-order chi connectivity index (χ1) is 18.5. The van der Waals surface area contributed by atoms with Gasteiger partial charge in [-0.25, -0.2) is 0 Å². The van der Waals surface area contributed by atoms with Gasteiger partial charge in [0.25, 0.3) is 11.1 Å². The third-order valence-electron chi connectivity index (χ3n) is 6.97. The van der Waals surface area contributed by atoms with E-state index in [-0.39, 0.29) is 41.3 Å². The number of nitrogens with zero attached hydrogens (tertiary/aromatic N) is 2. The van der Waals surface area contributed by atoms with E-state index in [0.29, 0.717) is 34.3 Å². The van der Waals surface area contributed by atoms with Crippen LogP contribution in [0, 0.1) is 6.92 Å². The smallest absolute Gasteiger partial charge is 0.306 e. The largest absolute Gasteiger partial charge is 0.507 e. The van der Waals surface area contributed by atoms with Gasteiger partial charge >= 0.3 is 5.97 Å². The van der Waals surface area contributed by atoms with Crippen molar-refractivity contribution in [2.75, 3.05) is 14.2 Å². The summed E-state index contributed by atoms with van der Waals surface area (Å²) in [6.07, 6.45) is -0.00879. The monoisotopic (exact) mass is 534 g/mol. The lowest BCUT2D eigenvalue weighted by molar-refractivity contribution is -0.140. The van der Waals surface area contributed by atoms with Crippen molar-refractivity contribution in [3.05, 3.63) is 91.6 Å². The number of rotatable bonds is 8. The summed E-state index contributed by atoms with van der Waals surface area (Å²) < 4.78 is 13.0. The topological polar surface area (TPSA) is 140 Å². The lowest BCUT2D eigenvalue weighted by Crippen LogP contribution is -2.32. The molecule has 204 valence electrons. The molecule has 0 aliphatic heterocycles. The van der Waals surface area contributed by atoms with Crippen LogP contribution in [0.3, 0.4) is 0 Å². The summed E-state index contributed by atoms with van der Waals surface area (Å²) in [7, 11) is 4.32. The van der Waals surface area contributed by atoms with Crippen LogP contribution in [0.1, 0.15) is 34.7 Å². The molecule has 10 heteroatoms. The number of methoxy groups -OCH3 is 2. The van der Waals surface area contributed by atoms with Gasteiger partial charge in [0.05, 0.1) is 31.7 Å². The number of aryl methyl sites for hydroxylation is 3. The number of aromatic nitrogens is 2. The highest BCUT2D eigenvalue weighted by atomic mass is 16.5. The number of esters is 1. The summed E-state index contributed by atoms with van der Waals surface area (Å²) in [5.74, 6) is -2.02. The number of fused-ring (bicyclic) bond motifs is 1. The number of phenolic OH excluding ortho intramolecular Hbond substituents is 2. The molecule has 10 nitrogen and oxygen atoms in total. The fraction of sp³-hybridized carbons (Fsp3) is 0.276. The number of ether oxygens (including phenoxy) is 2. The Morgan fingerprint density at radius 1 is 0.923 bits per heavy atom. The normalized spacial score (nSPS) is 11.9. The molecule has 0 saturated carbocycles. The van der Waals surface area contributed by atoms with Gasteiger partial charge < -0.3 is 33.9 Å². The van der Waals surface area contributed by atoms with Crippen molar-refractivity contribution in [1.29, 1.82) is 0 Å². The van der Waals surface area contributed by atoms with Gasteiger partial charge in [-0.2, -0.15) is 0 Å². The minimum Gasteiger partial charge on any atom is -0.507 e. The molecule has 2 aromatic heterocycles. The minimum atomic E-state index is -1.08. The molecular weight excluding hydrogens is 504 g/mol.